The lowest BCUT2D eigenvalue weighted by molar-refractivity contribution is -0.115. The first-order valence-electron chi connectivity index (χ1n) is 7.34. The monoisotopic (exact) mass is 411 g/mol. The molecule has 11 heteroatoms. The summed E-state index contributed by atoms with van der Waals surface area (Å²) in [5.41, 5.74) is 1.52. The molecule has 136 valence electrons. The van der Waals surface area contributed by atoms with Crippen LogP contribution in [0.2, 0.25) is 5.02 Å². The van der Waals surface area contributed by atoms with E-state index in [1.807, 2.05) is 0 Å². The Morgan fingerprint density at radius 3 is 2.88 bits per heavy atom. The standard InChI is InChI=1S/C15H14ClN5O3S2/c1-8(25-15-20-12-5-9(16)7-18-13(12)21-15)14(22)19-10-3-2-4-11(6-10)26(17,23)24/h2-8H,1H3,(H,19,22)(H2,17,23,24)(H,18,20,21)/t8-/m1/s1. The lowest BCUT2D eigenvalue weighted by Gasteiger charge is -2.11. The van der Waals surface area contributed by atoms with Crippen LogP contribution in [0.3, 0.4) is 0 Å². The van der Waals surface area contributed by atoms with Crippen molar-refractivity contribution in [1.29, 1.82) is 0 Å². The second-order valence-electron chi connectivity index (χ2n) is 5.39. The molecule has 3 aromatic rings. The summed E-state index contributed by atoms with van der Waals surface area (Å²) in [4.78, 5) is 23.7. The quantitative estimate of drug-likeness (QED) is 0.552. The summed E-state index contributed by atoms with van der Waals surface area (Å²) in [6, 6.07) is 7.44. The number of imidazole rings is 1. The van der Waals surface area contributed by atoms with Gasteiger partial charge < -0.3 is 10.3 Å². The van der Waals surface area contributed by atoms with E-state index >= 15 is 0 Å². The SMILES string of the molecule is C[C@@H](Sc1nc2ncc(Cl)cc2[nH]1)C(=O)Nc1cccc(S(N)(=O)=O)c1. The number of aromatic nitrogens is 3. The number of nitrogens with zero attached hydrogens (tertiary/aromatic N) is 2. The van der Waals surface area contributed by atoms with Crippen molar-refractivity contribution in [3.05, 3.63) is 41.6 Å². The van der Waals surface area contributed by atoms with E-state index in [9.17, 15) is 13.2 Å². The van der Waals surface area contributed by atoms with Gasteiger partial charge in [0.2, 0.25) is 15.9 Å². The molecule has 2 heterocycles. The largest absolute Gasteiger partial charge is 0.331 e. The topological polar surface area (TPSA) is 131 Å². The lowest BCUT2D eigenvalue weighted by atomic mass is 10.3. The maximum atomic E-state index is 12.4. The summed E-state index contributed by atoms with van der Waals surface area (Å²) in [5.74, 6) is -0.312. The summed E-state index contributed by atoms with van der Waals surface area (Å²) in [5, 5.41) is 8.26. The second-order valence-corrected chi connectivity index (χ2v) is 8.72. The number of thioether (sulfide) groups is 1. The van der Waals surface area contributed by atoms with Gasteiger partial charge in [-0.15, -0.1) is 0 Å². The third kappa shape index (κ3) is 4.33. The Kier molecular flexibility index (Phi) is 5.19. The van der Waals surface area contributed by atoms with E-state index in [-0.39, 0.29) is 10.8 Å². The second kappa shape index (κ2) is 7.23. The number of aromatic amines is 1. The van der Waals surface area contributed by atoms with Crippen LogP contribution in [0, 0.1) is 0 Å². The van der Waals surface area contributed by atoms with Gasteiger partial charge >= 0.3 is 0 Å². The van der Waals surface area contributed by atoms with E-state index in [0.29, 0.717) is 27.0 Å². The summed E-state index contributed by atoms with van der Waals surface area (Å²) in [6.07, 6.45) is 1.49. The van der Waals surface area contributed by atoms with Gasteiger partial charge in [0.15, 0.2) is 10.8 Å². The number of carbonyl (C=O) groups is 1. The maximum Gasteiger partial charge on any atom is 0.238 e. The average molecular weight is 412 g/mol. The number of sulfonamides is 1. The fourth-order valence-electron chi connectivity index (χ4n) is 2.12. The van der Waals surface area contributed by atoms with E-state index in [1.54, 1.807) is 19.1 Å². The number of nitrogens with two attached hydrogens (primary N) is 1. The summed E-state index contributed by atoms with van der Waals surface area (Å²) < 4.78 is 22.8. The highest BCUT2D eigenvalue weighted by Crippen LogP contribution is 2.25. The van der Waals surface area contributed by atoms with Gasteiger partial charge in [-0.3, -0.25) is 4.79 Å². The summed E-state index contributed by atoms with van der Waals surface area (Å²) in [7, 11) is -3.84. The third-order valence-corrected chi connectivity index (χ3v) is 5.47. The Morgan fingerprint density at radius 2 is 2.15 bits per heavy atom. The van der Waals surface area contributed by atoms with E-state index < -0.39 is 15.3 Å². The van der Waals surface area contributed by atoms with E-state index in [1.165, 1.54) is 36.2 Å². The van der Waals surface area contributed by atoms with Crippen LogP contribution in [0.1, 0.15) is 6.92 Å². The first kappa shape index (κ1) is 18.6. The number of amides is 1. The zero-order chi connectivity index (χ0) is 18.9. The number of hydrogen-bond donors (Lipinski definition) is 3. The van der Waals surface area contributed by atoms with Gasteiger partial charge in [0.1, 0.15) is 0 Å². The zero-order valence-electron chi connectivity index (χ0n) is 13.4. The van der Waals surface area contributed by atoms with Crippen LogP contribution in [0.4, 0.5) is 5.69 Å². The normalized spacial score (nSPS) is 12.9. The van der Waals surface area contributed by atoms with Crippen molar-refractivity contribution in [3.8, 4) is 0 Å². The highest BCUT2D eigenvalue weighted by molar-refractivity contribution is 8.00. The predicted molar refractivity (Wildman–Crippen MR) is 101 cm³/mol. The van der Waals surface area contributed by atoms with Gasteiger partial charge in [-0.2, -0.15) is 0 Å². The minimum Gasteiger partial charge on any atom is -0.331 e. The number of benzene rings is 1. The molecule has 0 saturated carbocycles. The fourth-order valence-corrected chi connectivity index (χ4v) is 3.65. The van der Waals surface area contributed by atoms with Gasteiger partial charge in [-0.25, -0.2) is 23.5 Å². The fraction of sp³-hybridized carbons (Fsp3) is 0.133. The van der Waals surface area contributed by atoms with Crippen molar-refractivity contribution in [3.63, 3.8) is 0 Å². The molecule has 1 aromatic carbocycles. The molecule has 0 radical (unpaired) electrons. The molecule has 0 aliphatic rings. The number of H-pyrrole nitrogens is 1. The van der Waals surface area contributed by atoms with Crippen molar-refractivity contribution in [2.75, 3.05) is 5.32 Å². The molecule has 8 nitrogen and oxygen atoms in total. The molecule has 3 rings (SSSR count). The molecular weight excluding hydrogens is 398 g/mol. The molecule has 0 aliphatic heterocycles. The molecule has 1 atom stereocenters. The number of nitrogens with one attached hydrogen (secondary N) is 2. The minimum absolute atomic E-state index is 0.0733. The number of hydrogen-bond acceptors (Lipinski definition) is 6. The van der Waals surface area contributed by atoms with Gasteiger partial charge in [-0.05, 0) is 31.2 Å². The number of fused-ring (bicyclic) bond motifs is 1. The maximum absolute atomic E-state index is 12.4. The Bertz CT molecular complexity index is 1080. The van der Waals surface area contributed by atoms with Crippen LogP contribution in [0.5, 0.6) is 0 Å². The van der Waals surface area contributed by atoms with Crippen LogP contribution in [0.15, 0.2) is 46.6 Å². The van der Waals surface area contributed by atoms with Crippen LogP contribution >= 0.6 is 23.4 Å². The summed E-state index contributed by atoms with van der Waals surface area (Å²) >= 11 is 7.09. The number of pyridine rings is 1. The Labute approximate surface area is 158 Å². The van der Waals surface area contributed by atoms with Crippen LogP contribution in [-0.2, 0) is 14.8 Å². The van der Waals surface area contributed by atoms with Crippen molar-refractivity contribution >= 4 is 56.1 Å². The van der Waals surface area contributed by atoms with Gasteiger partial charge in [0, 0.05) is 11.9 Å². The molecule has 0 saturated heterocycles. The van der Waals surface area contributed by atoms with Crippen molar-refractivity contribution in [2.24, 2.45) is 5.14 Å². The van der Waals surface area contributed by atoms with Crippen LogP contribution < -0.4 is 10.5 Å². The highest BCUT2D eigenvalue weighted by atomic mass is 35.5. The van der Waals surface area contributed by atoms with Gasteiger partial charge in [-0.1, -0.05) is 29.4 Å². The van der Waals surface area contributed by atoms with Gasteiger partial charge in [0.25, 0.3) is 0 Å². The molecule has 2 aromatic heterocycles. The molecule has 26 heavy (non-hydrogen) atoms. The molecule has 0 aliphatic carbocycles. The minimum atomic E-state index is -3.84. The van der Waals surface area contributed by atoms with E-state index in [0.717, 1.165) is 0 Å². The van der Waals surface area contributed by atoms with E-state index in [2.05, 4.69) is 20.3 Å². The smallest absolute Gasteiger partial charge is 0.238 e. The predicted octanol–water partition coefficient (Wildman–Crippen LogP) is 2.38. The van der Waals surface area contributed by atoms with Crippen molar-refractivity contribution in [2.45, 2.75) is 22.2 Å². The van der Waals surface area contributed by atoms with Crippen molar-refractivity contribution < 1.29 is 13.2 Å². The number of primary sulfonamides is 1. The number of anilines is 1. The first-order valence-corrected chi connectivity index (χ1v) is 10.1. The Balaban J connectivity index is 1.71. The molecule has 4 N–H and O–H groups in total. The van der Waals surface area contributed by atoms with E-state index in [4.69, 9.17) is 16.7 Å². The molecule has 0 unspecified atom stereocenters. The number of halogens is 1. The number of rotatable bonds is 5. The molecule has 0 spiro atoms. The molecule has 0 bridgehead atoms. The molecular formula is C15H14ClN5O3S2. The first-order chi connectivity index (χ1) is 12.2. The highest BCUT2D eigenvalue weighted by Gasteiger charge is 2.18. The zero-order valence-corrected chi connectivity index (χ0v) is 15.8. The summed E-state index contributed by atoms with van der Waals surface area (Å²) in [6.45, 7) is 1.71. The van der Waals surface area contributed by atoms with Crippen molar-refractivity contribution in [1.82, 2.24) is 15.0 Å². The number of carbonyl (C=O) groups excluding carboxylic acids is 1. The Hall–Kier alpha value is -2.14. The average Bonchev–Trinajstić information content (AvgIpc) is 2.95. The van der Waals surface area contributed by atoms with Crippen LogP contribution in [-0.4, -0.2) is 34.5 Å². The molecule has 0 fully saturated rings. The van der Waals surface area contributed by atoms with Gasteiger partial charge in [0.05, 0.1) is 20.7 Å². The third-order valence-electron chi connectivity index (χ3n) is 3.37. The molecule has 1 amide bonds. The lowest BCUT2D eigenvalue weighted by Crippen LogP contribution is -2.22. The van der Waals surface area contributed by atoms with Crippen LogP contribution in [0.25, 0.3) is 11.2 Å². The Morgan fingerprint density at radius 1 is 1.38 bits per heavy atom.